The largest absolute Gasteiger partial charge is 0.393 e. The summed E-state index contributed by atoms with van der Waals surface area (Å²) in [6.45, 7) is 9.26. The minimum absolute atomic E-state index is 0.125. The maximum atomic E-state index is 9.59. The summed E-state index contributed by atoms with van der Waals surface area (Å²) < 4.78 is 1.14. The molecule has 1 aromatic carbocycles. The van der Waals surface area contributed by atoms with Crippen LogP contribution in [-0.2, 0) is 6.54 Å². The number of aliphatic hydroxyl groups excluding tert-OH is 1. The first-order valence-electron chi connectivity index (χ1n) is 7.31. The van der Waals surface area contributed by atoms with Crippen LogP contribution in [0, 0.1) is 0 Å². The lowest BCUT2D eigenvalue weighted by molar-refractivity contribution is 0.145. The molecule has 0 saturated carbocycles. The van der Waals surface area contributed by atoms with Crippen LogP contribution in [0.25, 0.3) is 0 Å². The number of hydrogen-bond acceptors (Lipinski definition) is 3. The van der Waals surface area contributed by atoms with E-state index in [2.05, 4.69) is 65.1 Å². The average Bonchev–Trinajstić information content (AvgIpc) is 2.37. The molecule has 3 nitrogen and oxygen atoms in total. The molecular weight excluding hydrogens is 316 g/mol. The van der Waals surface area contributed by atoms with Gasteiger partial charge in [0.25, 0.3) is 0 Å². The molecule has 2 rings (SSSR count). The Labute approximate surface area is 130 Å². The first-order valence-corrected chi connectivity index (χ1v) is 8.11. The first kappa shape index (κ1) is 15.8. The van der Waals surface area contributed by atoms with Crippen molar-refractivity contribution in [2.24, 2.45) is 0 Å². The maximum absolute atomic E-state index is 9.59. The molecule has 0 aliphatic carbocycles. The summed E-state index contributed by atoms with van der Waals surface area (Å²) in [5, 5.41) is 13.1. The van der Waals surface area contributed by atoms with Gasteiger partial charge < -0.3 is 15.3 Å². The fraction of sp³-hybridized carbons (Fsp3) is 0.625. The van der Waals surface area contributed by atoms with Crippen molar-refractivity contribution in [3.8, 4) is 0 Å². The fourth-order valence-corrected chi connectivity index (χ4v) is 3.07. The molecule has 0 amide bonds. The second-order valence-corrected chi connectivity index (χ2v) is 7.46. The molecule has 0 bridgehead atoms. The van der Waals surface area contributed by atoms with Gasteiger partial charge in [0.2, 0.25) is 0 Å². The van der Waals surface area contributed by atoms with Gasteiger partial charge in [0.05, 0.1) is 11.8 Å². The Morgan fingerprint density at radius 2 is 1.95 bits per heavy atom. The Bertz CT molecular complexity index is 448. The number of halogens is 1. The summed E-state index contributed by atoms with van der Waals surface area (Å²) in [5.74, 6) is 0. The van der Waals surface area contributed by atoms with E-state index in [4.69, 9.17) is 0 Å². The van der Waals surface area contributed by atoms with Crippen LogP contribution in [0.5, 0.6) is 0 Å². The molecule has 1 saturated heterocycles. The third-order valence-corrected chi connectivity index (χ3v) is 4.28. The number of hydrogen-bond donors (Lipinski definition) is 2. The number of rotatable bonds is 3. The average molecular weight is 341 g/mol. The van der Waals surface area contributed by atoms with E-state index >= 15 is 0 Å². The van der Waals surface area contributed by atoms with Crippen LogP contribution < -0.4 is 10.2 Å². The summed E-state index contributed by atoms with van der Waals surface area (Å²) >= 11 is 3.69. The number of piperidine rings is 1. The second kappa shape index (κ2) is 6.46. The zero-order valence-electron chi connectivity index (χ0n) is 12.6. The van der Waals surface area contributed by atoms with E-state index in [1.54, 1.807) is 0 Å². The van der Waals surface area contributed by atoms with E-state index in [9.17, 15) is 5.11 Å². The summed E-state index contributed by atoms with van der Waals surface area (Å²) in [6.07, 6.45) is 1.60. The van der Waals surface area contributed by atoms with Gasteiger partial charge in [-0.1, -0.05) is 6.07 Å². The van der Waals surface area contributed by atoms with Crippen molar-refractivity contribution in [3.05, 3.63) is 28.2 Å². The van der Waals surface area contributed by atoms with Crippen molar-refractivity contribution in [1.82, 2.24) is 5.32 Å². The normalized spacial score (nSPS) is 17.6. The zero-order chi connectivity index (χ0) is 14.8. The van der Waals surface area contributed by atoms with Crippen molar-refractivity contribution < 1.29 is 5.11 Å². The summed E-state index contributed by atoms with van der Waals surface area (Å²) in [6, 6.07) is 6.56. The van der Waals surface area contributed by atoms with Crippen LogP contribution in [-0.4, -0.2) is 29.8 Å². The van der Waals surface area contributed by atoms with Crippen molar-refractivity contribution >= 4 is 21.6 Å². The number of nitrogens with one attached hydrogen (secondary N) is 1. The Morgan fingerprint density at radius 1 is 1.30 bits per heavy atom. The van der Waals surface area contributed by atoms with Crippen LogP contribution in [0.2, 0.25) is 0 Å². The molecular formula is C16H25BrN2O. The number of aliphatic hydroxyl groups is 1. The van der Waals surface area contributed by atoms with Gasteiger partial charge in [0, 0.05) is 29.6 Å². The van der Waals surface area contributed by atoms with Gasteiger partial charge in [-0.25, -0.2) is 0 Å². The van der Waals surface area contributed by atoms with Gasteiger partial charge in [-0.3, -0.25) is 0 Å². The molecule has 0 radical (unpaired) electrons. The number of nitrogens with zero attached hydrogens (tertiary/aromatic N) is 1. The van der Waals surface area contributed by atoms with Crippen LogP contribution in [0.1, 0.15) is 39.2 Å². The van der Waals surface area contributed by atoms with Crippen molar-refractivity contribution in [1.29, 1.82) is 0 Å². The van der Waals surface area contributed by atoms with Crippen LogP contribution >= 0.6 is 15.9 Å². The molecule has 4 heteroatoms. The number of benzene rings is 1. The van der Waals surface area contributed by atoms with E-state index in [0.29, 0.717) is 0 Å². The fourth-order valence-electron chi connectivity index (χ4n) is 2.39. The minimum Gasteiger partial charge on any atom is -0.393 e. The topological polar surface area (TPSA) is 35.5 Å². The van der Waals surface area contributed by atoms with Gasteiger partial charge in [-0.05, 0) is 67.2 Å². The molecule has 112 valence electrons. The van der Waals surface area contributed by atoms with E-state index in [1.807, 2.05) is 0 Å². The van der Waals surface area contributed by atoms with E-state index in [0.717, 1.165) is 36.9 Å². The summed E-state index contributed by atoms with van der Waals surface area (Å²) in [5.41, 5.74) is 2.65. The number of anilines is 1. The van der Waals surface area contributed by atoms with Gasteiger partial charge >= 0.3 is 0 Å². The lowest BCUT2D eigenvalue weighted by atomic mass is 10.1. The zero-order valence-corrected chi connectivity index (χ0v) is 14.2. The Morgan fingerprint density at radius 3 is 2.50 bits per heavy atom. The highest BCUT2D eigenvalue weighted by molar-refractivity contribution is 9.10. The Kier molecular flexibility index (Phi) is 5.10. The van der Waals surface area contributed by atoms with Gasteiger partial charge in [0.15, 0.2) is 0 Å². The SMILES string of the molecule is CC(C)(C)NCc1ccc(N2CCC(O)CC2)c(Br)c1. The molecule has 1 fully saturated rings. The van der Waals surface area contributed by atoms with Crippen molar-refractivity contribution in [2.75, 3.05) is 18.0 Å². The quantitative estimate of drug-likeness (QED) is 0.886. The predicted molar refractivity (Wildman–Crippen MR) is 88.2 cm³/mol. The van der Waals surface area contributed by atoms with Crippen LogP contribution in [0.3, 0.4) is 0 Å². The van der Waals surface area contributed by atoms with Crippen molar-refractivity contribution in [2.45, 2.75) is 51.8 Å². The molecule has 0 aromatic heterocycles. The summed E-state index contributed by atoms with van der Waals surface area (Å²) in [7, 11) is 0. The third-order valence-electron chi connectivity index (χ3n) is 3.64. The van der Waals surface area contributed by atoms with Crippen LogP contribution in [0.15, 0.2) is 22.7 Å². The Hall–Kier alpha value is -0.580. The highest BCUT2D eigenvalue weighted by Crippen LogP contribution is 2.29. The van der Waals surface area contributed by atoms with Gasteiger partial charge in [0.1, 0.15) is 0 Å². The standard InChI is InChI=1S/C16H25BrN2O/c1-16(2,3)18-11-12-4-5-15(14(17)10-12)19-8-6-13(20)7-9-19/h4-5,10,13,18,20H,6-9,11H2,1-3H3. The Balaban J connectivity index is 2.02. The first-order chi connectivity index (χ1) is 9.35. The molecule has 2 N–H and O–H groups in total. The molecule has 1 aromatic rings. The van der Waals surface area contributed by atoms with Crippen LogP contribution in [0.4, 0.5) is 5.69 Å². The summed E-state index contributed by atoms with van der Waals surface area (Å²) in [4.78, 5) is 2.35. The molecule has 0 spiro atoms. The lowest BCUT2D eigenvalue weighted by Crippen LogP contribution is -2.36. The minimum atomic E-state index is -0.125. The van der Waals surface area contributed by atoms with Gasteiger partial charge in [-0.2, -0.15) is 0 Å². The molecule has 1 aliphatic rings. The molecule has 20 heavy (non-hydrogen) atoms. The second-order valence-electron chi connectivity index (χ2n) is 6.61. The smallest absolute Gasteiger partial charge is 0.0574 e. The van der Waals surface area contributed by atoms with E-state index in [1.165, 1.54) is 11.3 Å². The van der Waals surface area contributed by atoms with Crippen molar-refractivity contribution in [3.63, 3.8) is 0 Å². The monoisotopic (exact) mass is 340 g/mol. The molecule has 1 aliphatic heterocycles. The molecule has 0 unspecified atom stereocenters. The highest BCUT2D eigenvalue weighted by atomic mass is 79.9. The van der Waals surface area contributed by atoms with E-state index in [-0.39, 0.29) is 11.6 Å². The molecule has 0 atom stereocenters. The third kappa shape index (κ3) is 4.47. The lowest BCUT2D eigenvalue weighted by Gasteiger charge is -2.32. The maximum Gasteiger partial charge on any atom is 0.0574 e. The predicted octanol–water partition coefficient (Wildman–Crippen LogP) is 3.30. The van der Waals surface area contributed by atoms with E-state index < -0.39 is 0 Å². The highest BCUT2D eigenvalue weighted by Gasteiger charge is 2.19. The van der Waals surface area contributed by atoms with Gasteiger partial charge in [-0.15, -0.1) is 0 Å². The molecule has 1 heterocycles.